The smallest absolute Gasteiger partial charge is 0.350 e. The van der Waals surface area contributed by atoms with E-state index in [2.05, 4.69) is 16.0 Å². The molecule has 0 unspecified atom stereocenters. The zero-order valence-corrected chi connectivity index (χ0v) is 17.7. The largest absolute Gasteiger partial charge is 0.478 e. The fourth-order valence-corrected chi connectivity index (χ4v) is 4.25. The maximum Gasteiger partial charge on any atom is 0.350 e. The van der Waals surface area contributed by atoms with E-state index < -0.39 is 23.5 Å². The van der Waals surface area contributed by atoms with Gasteiger partial charge in [0.1, 0.15) is 0 Å². The van der Waals surface area contributed by atoms with E-state index in [-0.39, 0.29) is 17.7 Å². The van der Waals surface area contributed by atoms with Crippen LogP contribution >= 0.6 is 0 Å². The van der Waals surface area contributed by atoms with Gasteiger partial charge >= 0.3 is 5.97 Å². The van der Waals surface area contributed by atoms with Crippen molar-refractivity contribution in [1.82, 2.24) is 20.9 Å². The quantitative estimate of drug-likeness (QED) is 0.421. The Morgan fingerprint density at radius 1 is 1.00 bits per heavy atom. The monoisotopic (exact) mass is 422 g/mol. The molecule has 9 heteroatoms. The molecule has 0 bridgehead atoms. The molecule has 4 N–H and O–H groups in total. The Balaban J connectivity index is 1.51. The standard InChI is InChI=1S/C21H34N4O5/c1-21(20(29)30,23-18(27)15-5-6-15)24-19(28)16-3-2-12-25(13-16)17(26)7-4-14-8-10-22-11-9-14/h14-16,22H,2-13H2,1H3,(H,23,27)(H,24,28)(H,29,30)/t16-,21+/m1/s1. The summed E-state index contributed by atoms with van der Waals surface area (Å²) >= 11 is 0. The van der Waals surface area contributed by atoms with Gasteiger partial charge in [0.05, 0.1) is 5.92 Å². The predicted molar refractivity (Wildman–Crippen MR) is 109 cm³/mol. The van der Waals surface area contributed by atoms with Crippen molar-refractivity contribution >= 4 is 23.7 Å². The van der Waals surface area contributed by atoms with Gasteiger partial charge in [0.2, 0.25) is 23.4 Å². The SMILES string of the molecule is C[C@](NC(=O)C1CC1)(NC(=O)[C@@H]1CCCN(C(=O)CCC2CCNCC2)C1)C(=O)O. The van der Waals surface area contributed by atoms with Gasteiger partial charge in [0.15, 0.2) is 0 Å². The van der Waals surface area contributed by atoms with Crippen LogP contribution in [0.4, 0.5) is 0 Å². The summed E-state index contributed by atoms with van der Waals surface area (Å²) in [6, 6.07) is 0. The number of carbonyl (C=O) groups excluding carboxylic acids is 3. The van der Waals surface area contributed by atoms with Gasteiger partial charge in [-0.3, -0.25) is 14.4 Å². The van der Waals surface area contributed by atoms with Gasteiger partial charge in [0.25, 0.3) is 0 Å². The van der Waals surface area contributed by atoms with Crippen molar-refractivity contribution < 1.29 is 24.3 Å². The van der Waals surface area contributed by atoms with E-state index in [1.165, 1.54) is 6.92 Å². The Morgan fingerprint density at radius 2 is 1.63 bits per heavy atom. The predicted octanol–water partition coefficient (Wildman–Crippen LogP) is 0.448. The lowest BCUT2D eigenvalue weighted by Gasteiger charge is -2.35. The van der Waals surface area contributed by atoms with Gasteiger partial charge in [-0.2, -0.15) is 0 Å². The summed E-state index contributed by atoms with van der Waals surface area (Å²) in [4.78, 5) is 50.9. The molecular weight excluding hydrogens is 388 g/mol. The molecule has 2 aliphatic heterocycles. The molecule has 0 spiro atoms. The van der Waals surface area contributed by atoms with Crippen molar-refractivity contribution in [1.29, 1.82) is 0 Å². The summed E-state index contributed by atoms with van der Waals surface area (Å²) in [6.45, 7) is 4.22. The van der Waals surface area contributed by atoms with E-state index in [0.29, 0.717) is 38.3 Å². The number of aliphatic carboxylic acids is 1. The lowest BCUT2D eigenvalue weighted by Crippen LogP contribution is -2.65. The van der Waals surface area contributed by atoms with Crippen molar-refractivity contribution in [3.8, 4) is 0 Å². The Morgan fingerprint density at radius 3 is 2.23 bits per heavy atom. The van der Waals surface area contributed by atoms with E-state index in [1.54, 1.807) is 4.90 Å². The van der Waals surface area contributed by atoms with Crippen molar-refractivity contribution in [3.05, 3.63) is 0 Å². The van der Waals surface area contributed by atoms with Gasteiger partial charge in [-0.1, -0.05) is 0 Å². The van der Waals surface area contributed by atoms with E-state index >= 15 is 0 Å². The van der Waals surface area contributed by atoms with Crippen LogP contribution in [0.15, 0.2) is 0 Å². The summed E-state index contributed by atoms with van der Waals surface area (Å²) in [5.41, 5.74) is -1.85. The first-order valence-electron chi connectivity index (χ1n) is 11.1. The summed E-state index contributed by atoms with van der Waals surface area (Å²) in [7, 11) is 0. The Hall–Kier alpha value is -2.16. The molecule has 0 aromatic rings. The zero-order valence-electron chi connectivity index (χ0n) is 17.7. The average Bonchev–Trinajstić information content (AvgIpc) is 3.58. The number of likely N-dealkylation sites (tertiary alicyclic amines) is 1. The minimum atomic E-state index is -1.85. The molecule has 0 aromatic carbocycles. The number of carbonyl (C=O) groups is 4. The molecule has 30 heavy (non-hydrogen) atoms. The van der Waals surface area contributed by atoms with Gasteiger partial charge in [-0.15, -0.1) is 0 Å². The highest BCUT2D eigenvalue weighted by Crippen LogP contribution is 2.29. The molecule has 3 aliphatic rings. The molecule has 2 heterocycles. The topological polar surface area (TPSA) is 128 Å². The molecule has 2 atom stereocenters. The molecule has 2 saturated heterocycles. The molecule has 0 radical (unpaired) electrons. The Labute approximate surface area is 177 Å². The highest BCUT2D eigenvalue weighted by atomic mass is 16.4. The number of carboxylic acids is 1. The van der Waals surface area contributed by atoms with Gasteiger partial charge in [-0.05, 0) is 70.9 Å². The van der Waals surface area contributed by atoms with E-state index in [4.69, 9.17) is 0 Å². The van der Waals surface area contributed by atoms with Crippen LogP contribution in [0.5, 0.6) is 0 Å². The third kappa shape index (κ3) is 5.93. The van der Waals surface area contributed by atoms with Crippen LogP contribution in [0.25, 0.3) is 0 Å². The second-order valence-electron chi connectivity index (χ2n) is 9.09. The van der Waals surface area contributed by atoms with E-state index in [0.717, 1.165) is 45.2 Å². The third-order valence-corrected chi connectivity index (χ3v) is 6.49. The molecule has 3 amide bonds. The van der Waals surface area contributed by atoms with Crippen molar-refractivity contribution in [3.63, 3.8) is 0 Å². The first-order chi connectivity index (χ1) is 14.3. The fraction of sp³-hybridized carbons (Fsp3) is 0.810. The molecule has 9 nitrogen and oxygen atoms in total. The maximum absolute atomic E-state index is 12.8. The van der Waals surface area contributed by atoms with Crippen molar-refractivity contribution in [2.24, 2.45) is 17.8 Å². The zero-order chi connectivity index (χ0) is 21.7. The minimum absolute atomic E-state index is 0.0639. The number of carboxylic acid groups (broad SMARTS) is 1. The van der Waals surface area contributed by atoms with Crippen LogP contribution in [0.1, 0.15) is 58.3 Å². The minimum Gasteiger partial charge on any atom is -0.478 e. The molecule has 1 saturated carbocycles. The second kappa shape index (κ2) is 9.76. The number of rotatable bonds is 8. The number of nitrogens with zero attached hydrogens (tertiary/aromatic N) is 1. The molecule has 3 fully saturated rings. The highest BCUT2D eigenvalue weighted by molar-refractivity contribution is 5.92. The average molecular weight is 423 g/mol. The van der Waals surface area contributed by atoms with E-state index in [1.807, 2.05) is 0 Å². The number of nitrogens with one attached hydrogen (secondary N) is 3. The fourth-order valence-electron chi connectivity index (χ4n) is 4.25. The second-order valence-corrected chi connectivity index (χ2v) is 9.09. The molecule has 168 valence electrons. The number of hydrogen-bond donors (Lipinski definition) is 4. The van der Waals surface area contributed by atoms with Crippen LogP contribution in [0, 0.1) is 17.8 Å². The Kier molecular flexibility index (Phi) is 7.33. The number of hydrogen-bond acceptors (Lipinski definition) is 5. The van der Waals surface area contributed by atoms with Crippen molar-refractivity contribution in [2.75, 3.05) is 26.2 Å². The first-order valence-corrected chi connectivity index (χ1v) is 11.1. The van der Waals surface area contributed by atoms with Gasteiger partial charge < -0.3 is 26.0 Å². The van der Waals surface area contributed by atoms with Crippen LogP contribution in [0.2, 0.25) is 0 Å². The summed E-state index contributed by atoms with van der Waals surface area (Å²) in [6.07, 6.45) is 6.34. The van der Waals surface area contributed by atoms with Gasteiger partial charge in [-0.25, -0.2) is 4.79 Å². The molecule has 1 aliphatic carbocycles. The van der Waals surface area contributed by atoms with Crippen LogP contribution in [-0.2, 0) is 19.2 Å². The number of amides is 3. The Bertz CT molecular complexity index is 674. The summed E-state index contributed by atoms with van der Waals surface area (Å²) in [5.74, 6) is -2.10. The highest BCUT2D eigenvalue weighted by Gasteiger charge is 2.42. The van der Waals surface area contributed by atoms with Gasteiger partial charge in [0, 0.05) is 25.4 Å². The van der Waals surface area contributed by atoms with Crippen LogP contribution in [-0.4, -0.2) is 65.5 Å². The molecular formula is C21H34N4O5. The number of piperidine rings is 2. The summed E-state index contributed by atoms with van der Waals surface area (Å²) < 4.78 is 0. The molecule has 0 aromatic heterocycles. The van der Waals surface area contributed by atoms with Crippen LogP contribution < -0.4 is 16.0 Å². The lowest BCUT2D eigenvalue weighted by atomic mass is 9.92. The van der Waals surface area contributed by atoms with Crippen LogP contribution in [0.3, 0.4) is 0 Å². The maximum atomic E-state index is 12.8. The summed E-state index contributed by atoms with van der Waals surface area (Å²) in [5, 5.41) is 17.9. The molecule has 3 rings (SSSR count). The third-order valence-electron chi connectivity index (χ3n) is 6.49. The van der Waals surface area contributed by atoms with Crippen molar-refractivity contribution in [2.45, 2.75) is 64.0 Å². The van der Waals surface area contributed by atoms with E-state index in [9.17, 15) is 24.3 Å². The normalized spacial score (nSPS) is 24.6. The lowest BCUT2D eigenvalue weighted by molar-refractivity contribution is -0.152. The first kappa shape index (κ1) is 22.5.